The molecule has 1 aromatic heterocycles. The standard InChI is InChI=1S/C30H24N4O2/c35-30(34-31-18-21-8-4-10-24(16-21)36-19-20-6-2-1-3-7-20)28-17-27(32-33-28)25-15-14-23-13-12-22-9-5-11-26(25)29(22)23/h1-11,14-18H,12-13,19H2,(H,32,33)(H,34,35)/b31-18+. The lowest BCUT2D eigenvalue weighted by Gasteiger charge is -2.06. The summed E-state index contributed by atoms with van der Waals surface area (Å²) < 4.78 is 5.86. The van der Waals surface area contributed by atoms with E-state index in [1.165, 1.54) is 21.9 Å². The maximum Gasteiger partial charge on any atom is 0.289 e. The van der Waals surface area contributed by atoms with Crippen molar-refractivity contribution in [1.29, 1.82) is 0 Å². The molecule has 0 bridgehead atoms. The van der Waals surface area contributed by atoms with Crippen molar-refractivity contribution in [3.63, 3.8) is 0 Å². The van der Waals surface area contributed by atoms with Crippen molar-refractivity contribution in [1.82, 2.24) is 15.6 Å². The van der Waals surface area contributed by atoms with Gasteiger partial charge in [0.05, 0.1) is 11.9 Å². The topological polar surface area (TPSA) is 79.4 Å². The summed E-state index contributed by atoms with van der Waals surface area (Å²) in [5.74, 6) is 0.380. The van der Waals surface area contributed by atoms with Gasteiger partial charge in [-0.3, -0.25) is 9.89 Å². The van der Waals surface area contributed by atoms with E-state index in [0.717, 1.165) is 41.0 Å². The number of aryl methyl sites for hydroxylation is 2. The molecule has 36 heavy (non-hydrogen) atoms. The first-order valence-electron chi connectivity index (χ1n) is 11.9. The van der Waals surface area contributed by atoms with E-state index in [1.54, 1.807) is 12.3 Å². The molecule has 1 heterocycles. The third-order valence-corrected chi connectivity index (χ3v) is 6.46. The van der Waals surface area contributed by atoms with Crippen LogP contribution in [0.5, 0.6) is 5.75 Å². The fourth-order valence-electron chi connectivity index (χ4n) is 4.70. The third kappa shape index (κ3) is 4.36. The van der Waals surface area contributed by atoms with Crippen molar-refractivity contribution in [2.75, 3.05) is 0 Å². The molecule has 0 unspecified atom stereocenters. The number of hydrazone groups is 1. The first-order valence-corrected chi connectivity index (χ1v) is 11.9. The van der Waals surface area contributed by atoms with Crippen LogP contribution in [0.2, 0.25) is 0 Å². The molecule has 0 radical (unpaired) electrons. The summed E-state index contributed by atoms with van der Waals surface area (Å²) >= 11 is 0. The summed E-state index contributed by atoms with van der Waals surface area (Å²) in [5.41, 5.74) is 9.35. The van der Waals surface area contributed by atoms with E-state index in [0.29, 0.717) is 12.3 Å². The monoisotopic (exact) mass is 472 g/mol. The van der Waals surface area contributed by atoms with Gasteiger partial charge in [-0.05, 0) is 64.1 Å². The highest BCUT2D eigenvalue weighted by Crippen LogP contribution is 2.36. The molecule has 0 atom stereocenters. The minimum Gasteiger partial charge on any atom is -0.489 e. The number of carbonyl (C=O) groups excluding carboxylic acids is 1. The Morgan fingerprint density at radius 3 is 2.67 bits per heavy atom. The molecule has 0 saturated heterocycles. The lowest BCUT2D eigenvalue weighted by Crippen LogP contribution is -2.18. The first kappa shape index (κ1) is 21.8. The molecular formula is C30H24N4O2. The zero-order chi connectivity index (χ0) is 24.3. The quantitative estimate of drug-likeness (QED) is 0.237. The Morgan fingerprint density at radius 1 is 0.944 bits per heavy atom. The average molecular weight is 473 g/mol. The van der Waals surface area contributed by atoms with E-state index in [9.17, 15) is 4.79 Å². The average Bonchev–Trinajstić information content (AvgIpc) is 3.58. The van der Waals surface area contributed by atoms with Crippen LogP contribution in [0.4, 0.5) is 0 Å². The molecule has 6 heteroatoms. The van der Waals surface area contributed by atoms with Gasteiger partial charge in [0.1, 0.15) is 18.1 Å². The molecule has 176 valence electrons. The van der Waals surface area contributed by atoms with Crippen molar-refractivity contribution < 1.29 is 9.53 Å². The van der Waals surface area contributed by atoms with E-state index in [1.807, 2.05) is 54.6 Å². The second-order valence-electron chi connectivity index (χ2n) is 8.82. The first-order chi connectivity index (χ1) is 17.7. The molecule has 0 fully saturated rings. The maximum absolute atomic E-state index is 12.7. The van der Waals surface area contributed by atoms with Gasteiger partial charge in [-0.1, -0.05) is 72.8 Å². The molecule has 4 aromatic carbocycles. The number of benzene rings is 4. The number of rotatable bonds is 7. The van der Waals surface area contributed by atoms with Crippen LogP contribution in [-0.4, -0.2) is 22.3 Å². The molecule has 6 rings (SSSR count). The number of nitrogens with zero attached hydrogens (tertiary/aromatic N) is 2. The Labute approximate surface area is 208 Å². The van der Waals surface area contributed by atoms with Crippen LogP contribution < -0.4 is 10.2 Å². The van der Waals surface area contributed by atoms with Gasteiger partial charge < -0.3 is 4.74 Å². The van der Waals surface area contributed by atoms with Crippen molar-refractivity contribution >= 4 is 22.9 Å². The number of carbonyl (C=O) groups is 1. The fraction of sp³-hybridized carbons (Fsp3) is 0.100. The van der Waals surface area contributed by atoms with Gasteiger partial charge in [0.25, 0.3) is 5.91 Å². The number of amides is 1. The molecule has 2 N–H and O–H groups in total. The third-order valence-electron chi connectivity index (χ3n) is 6.46. The predicted octanol–water partition coefficient (Wildman–Crippen LogP) is 5.67. The van der Waals surface area contributed by atoms with Crippen LogP contribution >= 0.6 is 0 Å². The van der Waals surface area contributed by atoms with E-state index in [-0.39, 0.29) is 5.91 Å². The van der Waals surface area contributed by atoms with Gasteiger partial charge >= 0.3 is 0 Å². The largest absolute Gasteiger partial charge is 0.489 e. The second-order valence-corrected chi connectivity index (χ2v) is 8.82. The van der Waals surface area contributed by atoms with E-state index < -0.39 is 0 Å². The number of hydrogen-bond donors (Lipinski definition) is 2. The molecule has 5 aromatic rings. The van der Waals surface area contributed by atoms with Crippen molar-refractivity contribution in [2.45, 2.75) is 19.4 Å². The molecule has 6 nitrogen and oxygen atoms in total. The van der Waals surface area contributed by atoms with Crippen LogP contribution in [-0.2, 0) is 19.4 Å². The van der Waals surface area contributed by atoms with E-state index in [4.69, 9.17) is 4.74 Å². The normalized spacial score (nSPS) is 12.3. The molecule has 1 aliphatic carbocycles. The summed E-state index contributed by atoms with van der Waals surface area (Å²) in [6.07, 6.45) is 3.74. The maximum atomic E-state index is 12.7. The van der Waals surface area contributed by atoms with E-state index in [2.05, 4.69) is 51.1 Å². The number of H-pyrrole nitrogens is 1. The van der Waals surface area contributed by atoms with E-state index >= 15 is 0 Å². The van der Waals surface area contributed by atoms with Crippen LogP contribution in [0, 0.1) is 0 Å². The lowest BCUT2D eigenvalue weighted by atomic mass is 9.98. The molecule has 0 saturated carbocycles. The zero-order valence-electron chi connectivity index (χ0n) is 19.6. The minimum absolute atomic E-state index is 0.352. The fourth-order valence-corrected chi connectivity index (χ4v) is 4.70. The summed E-state index contributed by atoms with van der Waals surface area (Å²) in [6, 6.07) is 30.0. The summed E-state index contributed by atoms with van der Waals surface area (Å²) in [4.78, 5) is 12.7. The molecular weight excluding hydrogens is 448 g/mol. The second kappa shape index (κ2) is 9.50. The predicted molar refractivity (Wildman–Crippen MR) is 141 cm³/mol. The van der Waals surface area contributed by atoms with Crippen LogP contribution in [0.3, 0.4) is 0 Å². The van der Waals surface area contributed by atoms with Crippen LogP contribution in [0.15, 0.2) is 96.1 Å². The van der Waals surface area contributed by atoms with Crippen LogP contribution in [0.1, 0.15) is 32.7 Å². The Hall–Kier alpha value is -4.71. The molecule has 1 amide bonds. The lowest BCUT2D eigenvalue weighted by molar-refractivity contribution is 0.0950. The highest BCUT2D eigenvalue weighted by Gasteiger charge is 2.18. The SMILES string of the molecule is O=C(N/N=C/c1cccc(OCc2ccccc2)c1)c1cc(-c2ccc3c4c(cccc24)CC3)n[nH]1. The van der Waals surface area contributed by atoms with Gasteiger partial charge in [0, 0.05) is 5.56 Å². The smallest absolute Gasteiger partial charge is 0.289 e. The van der Waals surface area contributed by atoms with Crippen molar-refractivity contribution in [3.05, 3.63) is 119 Å². The highest BCUT2D eigenvalue weighted by atomic mass is 16.5. The van der Waals surface area contributed by atoms with Crippen molar-refractivity contribution in [2.24, 2.45) is 5.10 Å². The Bertz CT molecular complexity index is 1580. The van der Waals surface area contributed by atoms with Gasteiger partial charge in [-0.2, -0.15) is 10.2 Å². The summed E-state index contributed by atoms with van der Waals surface area (Å²) in [5, 5.41) is 13.9. The van der Waals surface area contributed by atoms with Gasteiger partial charge in [-0.15, -0.1) is 0 Å². The minimum atomic E-state index is -0.354. The Balaban J connectivity index is 1.12. The van der Waals surface area contributed by atoms with Gasteiger partial charge in [0.2, 0.25) is 0 Å². The Morgan fingerprint density at radius 2 is 1.78 bits per heavy atom. The molecule has 1 aliphatic rings. The molecule has 0 spiro atoms. The van der Waals surface area contributed by atoms with Gasteiger partial charge in [-0.25, -0.2) is 5.43 Å². The summed E-state index contributed by atoms with van der Waals surface area (Å²) in [7, 11) is 0. The number of ether oxygens (including phenoxy) is 1. The number of hydrogen-bond acceptors (Lipinski definition) is 4. The zero-order valence-corrected chi connectivity index (χ0v) is 19.6. The number of aromatic nitrogens is 2. The summed E-state index contributed by atoms with van der Waals surface area (Å²) in [6.45, 7) is 0.486. The Kier molecular flexibility index (Phi) is 5.75. The molecule has 0 aliphatic heterocycles. The van der Waals surface area contributed by atoms with Crippen LogP contribution in [0.25, 0.3) is 22.0 Å². The number of aromatic amines is 1. The van der Waals surface area contributed by atoms with Crippen molar-refractivity contribution in [3.8, 4) is 17.0 Å². The highest BCUT2D eigenvalue weighted by molar-refractivity contribution is 6.02. The van der Waals surface area contributed by atoms with Gasteiger partial charge in [0.15, 0.2) is 0 Å². The number of nitrogens with one attached hydrogen (secondary N) is 2.